The summed E-state index contributed by atoms with van der Waals surface area (Å²) in [6.45, 7) is 4.08. The molecule has 0 aliphatic carbocycles. The van der Waals surface area contributed by atoms with Gasteiger partial charge in [-0.2, -0.15) is 0 Å². The normalized spacial score (nSPS) is 10.5. The number of nitrogens with one attached hydrogen (secondary N) is 1. The van der Waals surface area contributed by atoms with Gasteiger partial charge in [0.05, 0.1) is 19.8 Å². The predicted molar refractivity (Wildman–Crippen MR) is 119 cm³/mol. The van der Waals surface area contributed by atoms with Crippen molar-refractivity contribution in [2.45, 2.75) is 20.4 Å². The minimum Gasteiger partial charge on any atom is -0.508 e. The monoisotopic (exact) mass is 420 g/mol. The number of nitroso groups, excluding NO2 is 1. The molecule has 0 bridgehead atoms. The van der Waals surface area contributed by atoms with Crippen molar-refractivity contribution in [2.24, 2.45) is 5.18 Å². The van der Waals surface area contributed by atoms with Crippen LogP contribution in [0.15, 0.2) is 53.7 Å². The number of carbonyl (C=O) groups excluding carboxylic acids is 1. The lowest BCUT2D eigenvalue weighted by molar-refractivity contribution is 0.0948. The van der Waals surface area contributed by atoms with Crippen molar-refractivity contribution >= 4 is 11.6 Å². The molecule has 7 heteroatoms. The lowest BCUT2D eigenvalue weighted by Gasteiger charge is -2.16. The van der Waals surface area contributed by atoms with Crippen molar-refractivity contribution < 1.29 is 19.4 Å². The molecule has 3 aromatic rings. The summed E-state index contributed by atoms with van der Waals surface area (Å²) >= 11 is 0. The van der Waals surface area contributed by atoms with E-state index in [4.69, 9.17) is 9.47 Å². The molecular weight excluding hydrogens is 396 g/mol. The van der Waals surface area contributed by atoms with Gasteiger partial charge < -0.3 is 19.9 Å². The Morgan fingerprint density at radius 1 is 0.968 bits per heavy atom. The predicted octanol–water partition coefficient (Wildman–Crippen LogP) is 5.02. The first-order valence-electron chi connectivity index (χ1n) is 9.64. The zero-order valence-corrected chi connectivity index (χ0v) is 17.9. The number of aryl methyl sites for hydroxylation is 2. The summed E-state index contributed by atoms with van der Waals surface area (Å²) in [5, 5.41) is 15.2. The van der Waals surface area contributed by atoms with E-state index >= 15 is 0 Å². The van der Waals surface area contributed by atoms with E-state index in [1.807, 2.05) is 26.0 Å². The SMILES string of the molecule is COc1cc(OC)c(-c2cc(C)cc(C)c2)cc1C(=O)NCc1ccc(O)cc1N=O. The van der Waals surface area contributed by atoms with E-state index in [1.54, 1.807) is 25.3 Å². The third kappa shape index (κ3) is 4.83. The summed E-state index contributed by atoms with van der Waals surface area (Å²) in [5.74, 6) is 0.501. The molecule has 1 amide bonds. The zero-order chi connectivity index (χ0) is 22.5. The number of methoxy groups -OCH3 is 2. The maximum atomic E-state index is 13.0. The van der Waals surface area contributed by atoms with Crippen molar-refractivity contribution in [1.82, 2.24) is 5.32 Å². The van der Waals surface area contributed by atoms with Gasteiger partial charge in [0.1, 0.15) is 22.9 Å². The van der Waals surface area contributed by atoms with Crippen LogP contribution >= 0.6 is 0 Å². The molecule has 0 heterocycles. The summed E-state index contributed by atoms with van der Waals surface area (Å²) in [4.78, 5) is 24.0. The highest BCUT2D eigenvalue weighted by Crippen LogP contribution is 2.37. The first kappa shape index (κ1) is 21.8. The Balaban J connectivity index is 1.98. The Labute approximate surface area is 180 Å². The summed E-state index contributed by atoms with van der Waals surface area (Å²) in [6, 6.07) is 13.8. The number of phenols is 1. The zero-order valence-electron chi connectivity index (χ0n) is 17.9. The maximum absolute atomic E-state index is 13.0. The molecule has 0 aromatic heterocycles. The molecule has 2 N–H and O–H groups in total. The van der Waals surface area contributed by atoms with Gasteiger partial charge in [-0.1, -0.05) is 35.4 Å². The van der Waals surface area contributed by atoms with E-state index in [2.05, 4.69) is 16.6 Å². The molecule has 0 saturated heterocycles. The molecular formula is C24H24N2O5. The molecule has 31 heavy (non-hydrogen) atoms. The van der Waals surface area contributed by atoms with Crippen LogP contribution < -0.4 is 14.8 Å². The Hall–Kier alpha value is -3.87. The average Bonchev–Trinajstić information content (AvgIpc) is 2.76. The smallest absolute Gasteiger partial charge is 0.255 e. The summed E-state index contributed by atoms with van der Waals surface area (Å²) < 4.78 is 11.0. The van der Waals surface area contributed by atoms with Gasteiger partial charge in [0.15, 0.2) is 0 Å². The van der Waals surface area contributed by atoms with Crippen molar-refractivity contribution in [3.05, 3.63) is 75.7 Å². The Morgan fingerprint density at radius 2 is 1.65 bits per heavy atom. The van der Waals surface area contributed by atoms with Gasteiger partial charge >= 0.3 is 0 Å². The fourth-order valence-electron chi connectivity index (χ4n) is 3.49. The molecule has 3 rings (SSSR count). The second kappa shape index (κ2) is 9.30. The van der Waals surface area contributed by atoms with Crippen LogP contribution in [0, 0.1) is 18.8 Å². The van der Waals surface area contributed by atoms with E-state index in [0.29, 0.717) is 22.6 Å². The van der Waals surface area contributed by atoms with E-state index in [1.165, 1.54) is 19.2 Å². The minimum absolute atomic E-state index is 0.0637. The first-order chi connectivity index (χ1) is 14.9. The lowest BCUT2D eigenvalue weighted by Crippen LogP contribution is -2.23. The van der Waals surface area contributed by atoms with Crippen LogP contribution in [0.4, 0.5) is 5.69 Å². The molecule has 0 saturated carbocycles. The Kier molecular flexibility index (Phi) is 6.55. The van der Waals surface area contributed by atoms with E-state index in [-0.39, 0.29) is 23.9 Å². The largest absolute Gasteiger partial charge is 0.508 e. The number of phenolic OH excluding ortho intramolecular Hbond substituents is 1. The highest BCUT2D eigenvalue weighted by Gasteiger charge is 2.19. The number of aromatic hydroxyl groups is 1. The Morgan fingerprint density at radius 3 is 2.26 bits per heavy atom. The summed E-state index contributed by atoms with van der Waals surface area (Å²) in [5.41, 5.74) is 4.77. The molecule has 0 unspecified atom stereocenters. The fraction of sp³-hybridized carbons (Fsp3) is 0.208. The molecule has 7 nitrogen and oxygen atoms in total. The second-order valence-corrected chi connectivity index (χ2v) is 7.22. The van der Waals surface area contributed by atoms with Gasteiger partial charge in [0.2, 0.25) is 0 Å². The standard InChI is InChI=1S/C24H24N2O5/c1-14-7-15(2)9-17(8-14)19-11-20(23(31-4)12-22(19)30-3)24(28)25-13-16-5-6-18(27)10-21(16)26-29/h5-12,27H,13H2,1-4H3,(H,25,28). The van der Waals surface area contributed by atoms with Crippen molar-refractivity contribution in [1.29, 1.82) is 0 Å². The van der Waals surface area contributed by atoms with Crippen LogP contribution in [0.25, 0.3) is 11.1 Å². The number of hydrogen-bond donors (Lipinski definition) is 2. The van der Waals surface area contributed by atoms with Crippen LogP contribution in [0.1, 0.15) is 27.0 Å². The van der Waals surface area contributed by atoms with Gasteiger partial charge in [-0.15, -0.1) is 4.91 Å². The number of benzene rings is 3. The average molecular weight is 420 g/mol. The topological polar surface area (TPSA) is 97.2 Å². The molecule has 0 atom stereocenters. The number of ether oxygens (including phenoxy) is 2. The van der Waals surface area contributed by atoms with Gasteiger partial charge in [-0.3, -0.25) is 4.79 Å². The van der Waals surface area contributed by atoms with Crippen molar-refractivity contribution in [2.75, 3.05) is 14.2 Å². The van der Waals surface area contributed by atoms with E-state index in [0.717, 1.165) is 22.3 Å². The quantitative estimate of drug-likeness (QED) is 0.523. The first-order valence-corrected chi connectivity index (χ1v) is 9.64. The third-order valence-electron chi connectivity index (χ3n) is 4.91. The number of amides is 1. The highest BCUT2D eigenvalue weighted by molar-refractivity contribution is 5.99. The molecule has 0 aliphatic rings. The van der Waals surface area contributed by atoms with Crippen LogP contribution in [0.5, 0.6) is 17.2 Å². The van der Waals surface area contributed by atoms with Crippen LogP contribution in [0.2, 0.25) is 0 Å². The molecule has 0 aliphatic heterocycles. The Bertz CT molecular complexity index is 1120. The minimum atomic E-state index is -0.380. The molecule has 160 valence electrons. The van der Waals surface area contributed by atoms with E-state index in [9.17, 15) is 14.8 Å². The van der Waals surface area contributed by atoms with Gasteiger partial charge in [-0.05, 0) is 36.7 Å². The van der Waals surface area contributed by atoms with Crippen LogP contribution in [-0.4, -0.2) is 25.2 Å². The van der Waals surface area contributed by atoms with E-state index < -0.39 is 0 Å². The van der Waals surface area contributed by atoms with Crippen LogP contribution in [-0.2, 0) is 6.54 Å². The van der Waals surface area contributed by atoms with Gasteiger partial charge in [-0.25, -0.2) is 0 Å². The number of rotatable bonds is 7. The summed E-state index contributed by atoms with van der Waals surface area (Å²) in [6.07, 6.45) is 0. The summed E-state index contributed by atoms with van der Waals surface area (Å²) in [7, 11) is 3.05. The highest BCUT2D eigenvalue weighted by atomic mass is 16.5. The number of hydrogen-bond acceptors (Lipinski definition) is 6. The molecule has 0 radical (unpaired) electrons. The van der Waals surface area contributed by atoms with Gasteiger partial charge in [0, 0.05) is 29.8 Å². The fourth-order valence-corrected chi connectivity index (χ4v) is 3.49. The van der Waals surface area contributed by atoms with Crippen molar-refractivity contribution in [3.63, 3.8) is 0 Å². The number of carbonyl (C=O) groups is 1. The second-order valence-electron chi connectivity index (χ2n) is 7.22. The van der Waals surface area contributed by atoms with Gasteiger partial charge in [0.25, 0.3) is 5.91 Å². The van der Waals surface area contributed by atoms with Crippen molar-refractivity contribution in [3.8, 4) is 28.4 Å². The molecule has 3 aromatic carbocycles. The maximum Gasteiger partial charge on any atom is 0.255 e. The third-order valence-corrected chi connectivity index (χ3v) is 4.91. The number of nitrogens with zero attached hydrogens (tertiary/aromatic N) is 1. The van der Waals surface area contributed by atoms with Crippen LogP contribution in [0.3, 0.4) is 0 Å². The molecule has 0 spiro atoms. The molecule has 0 fully saturated rings. The lowest BCUT2D eigenvalue weighted by atomic mass is 9.97.